The minimum Gasteiger partial charge on any atom is -0.445 e. The fourth-order valence-electron chi connectivity index (χ4n) is 2.88. The summed E-state index contributed by atoms with van der Waals surface area (Å²) >= 11 is 0. The van der Waals surface area contributed by atoms with Crippen LogP contribution in [0.25, 0.3) is 11.0 Å². The molecule has 1 atom stereocenters. The Kier molecular flexibility index (Phi) is 4.78. The Balaban J connectivity index is 1.58. The first kappa shape index (κ1) is 16.8. The van der Waals surface area contributed by atoms with Crippen molar-refractivity contribution in [3.8, 4) is 0 Å². The van der Waals surface area contributed by atoms with Crippen molar-refractivity contribution >= 4 is 17.1 Å². The van der Waals surface area contributed by atoms with Crippen LogP contribution >= 0.6 is 0 Å². The van der Waals surface area contributed by atoms with Crippen LogP contribution in [-0.2, 0) is 11.3 Å². The van der Waals surface area contributed by atoms with Gasteiger partial charge < -0.3 is 4.74 Å². The normalized spacial score (nSPS) is 11.9. The van der Waals surface area contributed by atoms with E-state index in [-0.39, 0.29) is 6.61 Å². The highest BCUT2D eigenvalue weighted by molar-refractivity contribution is 5.75. The molecule has 1 N–H and O–H groups in total. The second kappa shape index (κ2) is 7.70. The van der Waals surface area contributed by atoms with Gasteiger partial charge in [-0.25, -0.2) is 9.48 Å². The predicted molar refractivity (Wildman–Crippen MR) is 102 cm³/mol. The Labute approximate surface area is 156 Å². The van der Waals surface area contributed by atoms with E-state index in [0.29, 0.717) is 0 Å². The van der Waals surface area contributed by atoms with Gasteiger partial charge >= 0.3 is 6.09 Å². The lowest BCUT2D eigenvalue weighted by atomic mass is 10.1. The summed E-state index contributed by atoms with van der Waals surface area (Å²) in [6.45, 7) is 0.201. The average molecular weight is 358 g/mol. The van der Waals surface area contributed by atoms with E-state index in [2.05, 4.69) is 15.6 Å². The number of aromatic nitrogens is 3. The molecule has 0 radical (unpaired) electrons. The van der Waals surface area contributed by atoms with Gasteiger partial charge in [0.25, 0.3) is 0 Å². The van der Waals surface area contributed by atoms with Gasteiger partial charge in [0.05, 0.1) is 5.52 Å². The molecular weight excluding hydrogens is 340 g/mol. The van der Waals surface area contributed by atoms with E-state index < -0.39 is 12.3 Å². The lowest BCUT2D eigenvalue weighted by Gasteiger charge is -2.19. The van der Waals surface area contributed by atoms with Crippen molar-refractivity contribution in [1.29, 1.82) is 0 Å². The summed E-state index contributed by atoms with van der Waals surface area (Å²) < 4.78 is 7.07. The molecular formula is C21H18N4O2. The summed E-state index contributed by atoms with van der Waals surface area (Å²) in [6.07, 6.45) is -1.05. The van der Waals surface area contributed by atoms with Gasteiger partial charge in [-0.2, -0.15) is 0 Å². The number of carbonyl (C=O) groups is 1. The van der Waals surface area contributed by atoms with Gasteiger partial charge in [0.1, 0.15) is 12.1 Å². The van der Waals surface area contributed by atoms with E-state index in [1.807, 2.05) is 84.9 Å². The molecule has 6 nitrogen and oxygen atoms in total. The summed E-state index contributed by atoms with van der Waals surface area (Å²) in [6, 6.07) is 26.8. The number of rotatable bonds is 5. The van der Waals surface area contributed by atoms with Crippen LogP contribution in [0.5, 0.6) is 0 Å². The Bertz CT molecular complexity index is 1030. The molecule has 0 aliphatic carbocycles. The molecule has 4 rings (SSSR count). The first-order chi connectivity index (χ1) is 13.3. The smallest absolute Gasteiger partial charge is 0.409 e. The van der Waals surface area contributed by atoms with Gasteiger partial charge in [-0.05, 0) is 23.3 Å². The maximum Gasteiger partial charge on any atom is 0.409 e. The molecule has 1 heterocycles. The van der Waals surface area contributed by atoms with Gasteiger partial charge in [-0.3, -0.25) is 5.32 Å². The summed E-state index contributed by atoms with van der Waals surface area (Å²) in [4.78, 5) is 12.4. The Morgan fingerprint density at radius 1 is 0.926 bits per heavy atom. The zero-order valence-electron chi connectivity index (χ0n) is 14.5. The maximum atomic E-state index is 12.4. The van der Waals surface area contributed by atoms with Gasteiger partial charge in [0, 0.05) is 0 Å². The van der Waals surface area contributed by atoms with Crippen LogP contribution in [0.3, 0.4) is 0 Å². The van der Waals surface area contributed by atoms with Crippen LogP contribution in [0.15, 0.2) is 84.9 Å². The van der Waals surface area contributed by atoms with Crippen LogP contribution in [0, 0.1) is 0 Å². The molecule has 1 amide bonds. The lowest BCUT2D eigenvalue weighted by molar-refractivity contribution is 0.133. The minimum atomic E-state index is -0.526. The van der Waals surface area contributed by atoms with Crippen molar-refractivity contribution in [1.82, 2.24) is 20.3 Å². The fraction of sp³-hybridized carbons (Fsp3) is 0.0952. The standard InChI is InChI=1S/C21H18N4O2/c26-21(27-15-16-9-3-1-4-10-16)22-20(17-11-5-2-6-12-17)25-19-14-8-7-13-18(19)23-24-25/h1-14,20H,15H2,(H,22,26)/t20-/m1/s1. The van der Waals surface area contributed by atoms with Crippen LogP contribution in [0.2, 0.25) is 0 Å². The monoisotopic (exact) mass is 358 g/mol. The van der Waals surface area contributed by atoms with E-state index >= 15 is 0 Å². The van der Waals surface area contributed by atoms with Gasteiger partial charge in [0.15, 0.2) is 6.17 Å². The number of amides is 1. The lowest BCUT2D eigenvalue weighted by Crippen LogP contribution is -2.34. The molecule has 0 fully saturated rings. The van der Waals surface area contributed by atoms with Crippen LogP contribution in [0.4, 0.5) is 4.79 Å². The van der Waals surface area contributed by atoms with Crippen LogP contribution in [0.1, 0.15) is 17.3 Å². The van der Waals surface area contributed by atoms with E-state index in [1.165, 1.54) is 0 Å². The second-order valence-electron chi connectivity index (χ2n) is 6.04. The Morgan fingerprint density at radius 2 is 1.59 bits per heavy atom. The molecule has 0 aliphatic heterocycles. The second-order valence-corrected chi connectivity index (χ2v) is 6.04. The number of nitrogens with one attached hydrogen (secondary N) is 1. The molecule has 6 heteroatoms. The molecule has 0 unspecified atom stereocenters. The van der Waals surface area contributed by atoms with E-state index in [0.717, 1.165) is 22.2 Å². The number of hydrogen-bond donors (Lipinski definition) is 1. The summed E-state index contributed by atoms with van der Waals surface area (Å²) in [5.41, 5.74) is 3.40. The third kappa shape index (κ3) is 3.79. The van der Waals surface area contributed by atoms with Crippen molar-refractivity contribution in [2.24, 2.45) is 0 Å². The third-order valence-corrected chi connectivity index (χ3v) is 4.20. The maximum absolute atomic E-state index is 12.4. The molecule has 4 aromatic rings. The van der Waals surface area contributed by atoms with E-state index in [1.54, 1.807) is 4.68 Å². The molecule has 134 valence electrons. The van der Waals surface area contributed by atoms with Crippen LogP contribution in [-0.4, -0.2) is 21.1 Å². The number of alkyl carbamates (subject to hydrolysis) is 1. The highest BCUT2D eigenvalue weighted by atomic mass is 16.5. The molecule has 27 heavy (non-hydrogen) atoms. The summed E-state index contributed by atoms with van der Waals surface area (Å²) in [5, 5.41) is 11.3. The molecule has 0 saturated carbocycles. The van der Waals surface area contributed by atoms with Crippen molar-refractivity contribution in [2.75, 3.05) is 0 Å². The first-order valence-electron chi connectivity index (χ1n) is 8.63. The van der Waals surface area contributed by atoms with Gasteiger partial charge in [0.2, 0.25) is 0 Å². The van der Waals surface area contributed by atoms with E-state index in [4.69, 9.17) is 4.74 Å². The first-order valence-corrected chi connectivity index (χ1v) is 8.63. The molecule has 0 saturated heterocycles. The quantitative estimate of drug-likeness (QED) is 0.587. The van der Waals surface area contributed by atoms with Crippen molar-refractivity contribution in [2.45, 2.75) is 12.8 Å². The molecule has 0 aliphatic rings. The van der Waals surface area contributed by atoms with Gasteiger partial charge in [-0.1, -0.05) is 78.0 Å². The third-order valence-electron chi connectivity index (χ3n) is 4.20. The number of ether oxygens (including phenoxy) is 1. The Morgan fingerprint density at radius 3 is 2.37 bits per heavy atom. The molecule has 0 bridgehead atoms. The summed E-state index contributed by atoms with van der Waals surface area (Å²) in [7, 11) is 0. The molecule has 1 aromatic heterocycles. The minimum absolute atomic E-state index is 0.201. The van der Waals surface area contributed by atoms with Crippen molar-refractivity contribution < 1.29 is 9.53 Å². The zero-order chi connectivity index (χ0) is 18.5. The fourth-order valence-corrected chi connectivity index (χ4v) is 2.88. The number of carbonyl (C=O) groups excluding carboxylic acids is 1. The highest BCUT2D eigenvalue weighted by Gasteiger charge is 2.20. The number of fused-ring (bicyclic) bond motifs is 1. The zero-order valence-corrected chi connectivity index (χ0v) is 14.5. The number of nitrogens with zero attached hydrogens (tertiary/aromatic N) is 3. The van der Waals surface area contributed by atoms with Crippen molar-refractivity contribution in [3.63, 3.8) is 0 Å². The topological polar surface area (TPSA) is 69.0 Å². The number of hydrogen-bond acceptors (Lipinski definition) is 4. The van der Waals surface area contributed by atoms with Gasteiger partial charge in [-0.15, -0.1) is 5.10 Å². The number of para-hydroxylation sites is 1. The van der Waals surface area contributed by atoms with Crippen molar-refractivity contribution in [3.05, 3.63) is 96.1 Å². The summed E-state index contributed by atoms with van der Waals surface area (Å²) in [5.74, 6) is 0. The largest absolute Gasteiger partial charge is 0.445 e. The van der Waals surface area contributed by atoms with E-state index in [9.17, 15) is 4.79 Å². The SMILES string of the molecule is O=C(N[C@@H](c1ccccc1)n1nnc2ccccc21)OCc1ccccc1. The Hall–Kier alpha value is -3.67. The predicted octanol–water partition coefficient (Wildman–Crippen LogP) is 3.90. The van der Waals surface area contributed by atoms with Crippen LogP contribution < -0.4 is 5.32 Å². The molecule has 3 aromatic carbocycles. The average Bonchev–Trinajstić information content (AvgIpc) is 3.16. The highest BCUT2D eigenvalue weighted by Crippen LogP contribution is 2.20. The number of benzene rings is 3. The molecule has 0 spiro atoms.